The number of methoxy groups -OCH3 is 1. The van der Waals surface area contributed by atoms with Crippen molar-refractivity contribution in [3.8, 4) is 5.69 Å². The van der Waals surface area contributed by atoms with Crippen LogP contribution < -0.4 is 5.73 Å². The molecule has 5 nitrogen and oxygen atoms in total. The summed E-state index contributed by atoms with van der Waals surface area (Å²) in [5, 5.41) is 3.89. The quantitative estimate of drug-likeness (QED) is 0.630. The Morgan fingerprint density at radius 3 is 2.88 bits per heavy atom. The molecule has 0 aliphatic carbocycles. The number of aromatic nitrogens is 2. The van der Waals surface area contributed by atoms with E-state index in [1.807, 2.05) is 0 Å². The predicted molar refractivity (Wildman–Crippen MR) is 59.3 cm³/mol. The highest BCUT2D eigenvalue weighted by Crippen LogP contribution is 2.21. The first kappa shape index (κ1) is 11.1. The zero-order valence-corrected chi connectivity index (χ0v) is 9.05. The van der Waals surface area contributed by atoms with Crippen molar-refractivity contribution in [1.82, 2.24) is 9.78 Å². The fourth-order valence-electron chi connectivity index (χ4n) is 1.45. The van der Waals surface area contributed by atoms with Crippen LogP contribution in [0.3, 0.4) is 0 Å². The Morgan fingerprint density at radius 1 is 1.53 bits per heavy atom. The van der Waals surface area contributed by atoms with Crippen LogP contribution in [-0.2, 0) is 4.74 Å². The summed E-state index contributed by atoms with van der Waals surface area (Å²) < 4.78 is 19.5. The average Bonchev–Trinajstić information content (AvgIpc) is 2.81. The van der Waals surface area contributed by atoms with Gasteiger partial charge >= 0.3 is 5.97 Å². The van der Waals surface area contributed by atoms with Gasteiger partial charge in [-0.2, -0.15) is 5.10 Å². The molecule has 2 aromatic rings. The molecule has 0 unspecified atom stereocenters. The Kier molecular flexibility index (Phi) is 2.78. The van der Waals surface area contributed by atoms with Gasteiger partial charge in [-0.05, 0) is 18.2 Å². The molecule has 0 atom stereocenters. The average molecular weight is 235 g/mol. The second-order valence-corrected chi connectivity index (χ2v) is 3.33. The van der Waals surface area contributed by atoms with Gasteiger partial charge in [-0.15, -0.1) is 0 Å². The van der Waals surface area contributed by atoms with Crippen LogP contribution in [0.4, 0.5) is 10.1 Å². The van der Waals surface area contributed by atoms with Gasteiger partial charge in [0, 0.05) is 18.1 Å². The Labute approximate surface area is 96.6 Å². The van der Waals surface area contributed by atoms with Crippen molar-refractivity contribution in [3.63, 3.8) is 0 Å². The molecule has 17 heavy (non-hydrogen) atoms. The van der Waals surface area contributed by atoms with Crippen molar-refractivity contribution >= 4 is 11.7 Å². The number of halogens is 1. The fraction of sp³-hybridized carbons (Fsp3) is 0.0909. The summed E-state index contributed by atoms with van der Waals surface area (Å²) in [4.78, 5) is 11.4. The molecule has 0 bridgehead atoms. The highest BCUT2D eigenvalue weighted by Gasteiger charge is 2.15. The van der Waals surface area contributed by atoms with E-state index in [0.717, 1.165) is 6.07 Å². The van der Waals surface area contributed by atoms with Crippen molar-refractivity contribution in [2.45, 2.75) is 0 Å². The van der Waals surface area contributed by atoms with Gasteiger partial charge in [0.1, 0.15) is 5.69 Å². The maximum absolute atomic E-state index is 13.7. The number of benzene rings is 1. The lowest BCUT2D eigenvalue weighted by atomic mass is 10.1. The summed E-state index contributed by atoms with van der Waals surface area (Å²) in [5.41, 5.74) is 5.84. The van der Waals surface area contributed by atoms with E-state index < -0.39 is 11.8 Å². The Balaban J connectivity index is 2.58. The van der Waals surface area contributed by atoms with Crippen LogP contribution in [0.25, 0.3) is 5.69 Å². The molecule has 1 aromatic carbocycles. The number of nitrogens with two attached hydrogens (primary N) is 1. The van der Waals surface area contributed by atoms with E-state index in [2.05, 4.69) is 9.84 Å². The second-order valence-electron chi connectivity index (χ2n) is 3.33. The van der Waals surface area contributed by atoms with Crippen LogP contribution in [0.5, 0.6) is 0 Å². The van der Waals surface area contributed by atoms with Gasteiger partial charge in [0.15, 0.2) is 5.82 Å². The molecule has 2 N–H and O–H groups in total. The summed E-state index contributed by atoms with van der Waals surface area (Å²) in [5.74, 6) is -1.17. The van der Waals surface area contributed by atoms with Crippen molar-refractivity contribution < 1.29 is 13.9 Å². The third-order valence-corrected chi connectivity index (χ3v) is 2.28. The number of esters is 1. The molecular formula is C11H10FN3O2. The van der Waals surface area contributed by atoms with Gasteiger partial charge in [0.05, 0.1) is 12.7 Å². The van der Waals surface area contributed by atoms with E-state index in [0.29, 0.717) is 0 Å². The minimum absolute atomic E-state index is 0.0326. The molecule has 0 saturated heterocycles. The van der Waals surface area contributed by atoms with Gasteiger partial charge in [-0.25, -0.2) is 13.9 Å². The number of rotatable bonds is 2. The first-order valence-electron chi connectivity index (χ1n) is 4.81. The largest absolute Gasteiger partial charge is 0.465 e. The SMILES string of the molecule is COC(=O)c1cc(-n2cccn2)c(F)cc1N. The number of nitrogen functional groups attached to an aromatic ring is 1. The van der Waals surface area contributed by atoms with Crippen LogP contribution in [-0.4, -0.2) is 22.9 Å². The summed E-state index contributed by atoms with van der Waals surface area (Å²) in [6.45, 7) is 0. The van der Waals surface area contributed by atoms with Crippen molar-refractivity contribution in [1.29, 1.82) is 0 Å². The Bertz CT molecular complexity index is 552. The van der Waals surface area contributed by atoms with E-state index >= 15 is 0 Å². The number of ether oxygens (including phenoxy) is 1. The summed E-state index contributed by atoms with van der Waals surface area (Å²) in [6.07, 6.45) is 3.07. The number of carbonyl (C=O) groups is 1. The van der Waals surface area contributed by atoms with Gasteiger partial charge in [-0.3, -0.25) is 0 Å². The van der Waals surface area contributed by atoms with Crippen molar-refractivity contribution in [2.24, 2.45) is 0 Å². The van der Waals surface area contributed by atoms with E-state index in [1.54, 1.807) is 12.3 Å². The standard InChI is InChI=1S/C11H10FN3O2/c1-17-11(16)7-5-10(8(12)6-9(7)13)15-4-2-3-14-15/h2-6H,13H2,1H3. The van der Waals surface area contributed by atoms with Crippen LogP contribution in [0.15, 0.2) is 30.6 Å². The third kappa shape index (κ3) is 1.96. The number of hydrogen-bond donors (Lipinski definition) is 1. The molecule has 0 saturated carbocycles. The predicted octanol–water partition coefficient (Wildman–Crippen LogP) is 1.38. The molecule has 2 rings (SSSR count). The van der Waals surface area contributed by atoms with Gasteiger partial charge < -0.3 is 10.5 Å². The highest BCUT2D eigenvalue weighted by molar-refractivity contribution is 5.95. The van der Waals surface area contributed by atoms with Crippen molar-refractivity contribution in [2.75, 3.05) is 12.8 Å². The summed E-state index contributed by atoms with van der Waals surface area (Å²) in [6, 6.07) is 4.03. The molecule has 0 amide bonds. The monoisotopic (exact) mass is 235 g/mol. The Morgan fingerprint density at radius 2 is 2.29 bits per heavy atom. The van der Waals surface area contributed by atoms with E-state index in [9.17, 15) is 9.18 Å². The number of nitrogens with zero attached hydrogens (tertiary/aromatic N) is 2. The maximum Gasteiger partial charge on any atom is 0.340 e. The smallest absolute Gasteiger partial charge is 0.340 e. The molecule has 88 valence electrons. The van der Waals surface area contributed by atoms with Crippen LogP contribution >= 0.6 is 0 Å². The Hall–Kier alpha value is -2.37. The topological polar surface area (TPSA) is 70.1 Å². The molecule has 0 spiro atoms. The molecular weight excluding hydrogens is 225 g/mol. The van der Waals surface area contributed by atoms with Crippen LogP contribution in [0, 0.1) is 5.82 Å². The second kappa shape index (κ2) is 4.25. The molecule has 0 aliphatic rings. The molecule has 6 heteroatoms. The zero-order chi connectivity index (χ0) is 12.4. The molecule has 0 fully saturated rings. The van der Waals surface area contributed by atoms with Crippen molar-refractivity contribution in [3.05, 3.63) is 42.0 Å². The summed E-state index contributed by atoms with van der Waals surface area (Å²) >= 11 is 0. The van der Waals surface area contributed by atoms with E-state index in [-0.39, 0.29) is 16.9 Å². The minimum atomic E-state index is -0.615. The molecule has 0 radical (unpaired) electrons. The zero-order valence-electron chi connectivity index (χ0n) is 9.05. The first-order valence-corrected chi connectivity index (χ1v) is 4.81. The highest BCUT2D eigenvalue weighted by atomic mass is 19.1. The lowest BCUT2D eigenvalue weighted by Crippen LogP contribution is -2.09. The van der Waals surface area contributed by atoms with Crippen LogP contribution in [0.1, 0.15) is 10.4 Å². The van der Waals surface area contributed by atoms with Gasteiger partial charge in [0.2, 0.25) is 0 Å². The fourth-order valence-corrected chi connectivity index (χ4v) is 1.45. The maximum atomic E-state index is 13.7. The van der Waals surface area contributed by atoms with Gasteiger partial charge in [-0.1, -0.05) is 0 Å². The molecule has 1 aromatic heterocycles. The van der Waals surface area contributed by atoms with Crippen LogP contribution in [0.2, 0.25) is 0 Å². The summed E-state index contributed by atoms with van der Waals surface area (Å²) in [7, 11) is 1.23. The van der Waals surface area contributed by atoms with E-state index in [1.165, 1.54) is 24.1 Å². The lowest BCUT2D eigenvalue weighted by Gasteiger charge is -2.08. The molecule has 0 aliphatic heterocycles. The van der Waals surface area contributed by atoms with E-state index in [4.69, 9.17) is 5.73 Å². The lowest BCUT2D eigenvalue weighted by molar-refractivity contribution is 0.0602. The number of hydrogen-bond acceptors (Lipinski definition) is 4. The first-order chi connectivity index (χ1) is 8.13. The van der Waals surface area contributed by atoms with Gasteiger partial charge in [0.25, 0.3) is 0 Å². The number of anilines is 1. The minimum Gasteiger partial charge on any atom is -0.465 e. The molecule has 1 heterocycles. The normalized spacial score (nSPS) is 10.2. The number of carbonyl (C=O) groups excluding carboxylic acids is 1. The third-order valence-electron chi connectivity index (χ3n) is 2.28.